The van der Waals surface area contributed by atoms with E-state index in [0.717, 1.165) is 17.0 Å². The van der Waals surface area contributed by atoms with Crippen molar-refractivity contribution >= 4 is 11.8 Å². The number of hydrogen-bond acceptors (Lipinski definition) is 4. The van der Waals surface area contributed by atoms with Crippen LogP contribution in [0.2, 0.25) is 0 Å². The zero-order chi connectivity index (χ0) is 17.4. The van der Waals surface area contributed by atoms with Gasteiger partial charge in [-0.15, -0.1) is 0 Å². The predicted octanol–water partition coefficient (Wildman–Crippen LogP) is 0.906. The molecule has 0 aliphatic carbocycles. The molecule has 7 nitrogen and oxygen atoms in total. The molecule has 2 aliphatic heterocycles. The summed E-state index contributed by atoms with van der Waals surface area (Å²) < 4.78 is 7.69. The van der Waals surface area contributed by atoms with E-state index in [4.69, 9.17) is 4.74 Å². The molecule has 2 amide bonds. The minimum atomic E-state index is -0.493. The summed E-state index contributed by atoms with van der Waals surface area (Å²) in [5.74, 6) is 0.681. The maximum Gasteiger partial charge on any atom is 0.264 e. The van der Waals surface area contributed by atoms with Gasteiger partial charge in [0.1, 0.15) is 5.75 Å². The van der Waals surface area contributed by atoms with Gasteiger partial charge >= 0.3 is 0 Å². The number of aromatic nitrogens is 2. The van der Waals surface area contributed by atoms with E-state index in [1.807, 2.05) is 35.0 Å². The highest BCUT2D eigenvalue weighted by Gasteiger charge is 2.36. The third kappa shape index (κ3) is 2.86. The fraction of sp³-hybridized carbons (Fsp3) is 0.389. The molecule has 0 radical (unpaired) electrons. The van der Waals surface area contributed by atoms with Crippen LogP contribution in [0.3, 0.4) is 0 Å². The van der Waals surface area contributed by atoms with Crippen molar-refractivity contribution in [1.29, 1.82) is 0 Å². The Morgan fingerprint density at radius 3 is 2.96 bits per heavy atom. The summed E-state index contributed by atoms with van der Waals surface area (Å²) in [5.41, 5.74) is 1.99. The first-order valence-corrected chi connectivity index (χ1v) is 8.42. The number of carbonyl (C=O) groups excluding carboxylic acids is 2. The Hall–Kier alpha value is -2.83. The summed E-state index contributed by atoms with van der Waals surface area (Å²) >= 11 is 0. The van der Waals surface area contributed by atoms with Gasteiger partial charge in [0, 0.05) is 26.2 Å². The highest BCUT2D eigenvalue weighted by molar-refractivity contribution is 5.83. The number of amides is 2. The Labute approximate surface area is 145 Å². The van der Waals surface area contributed by atoms with E-state index >= 15 is 0 Å². The molecule has 1 aromatic carbocycles. The van der Waals surface area contributed by atoms with E-state index in [-0.39, 0.29) is 17.9 Å². The predicted molar refractivity (Wildman–Crippen MR) is 89.9 cm³/mol. The van der Waals surface area contributed by atoms with Crippen molar-refractivity contribution < 1.29 is 14.3 Å². The van der Waals surface area contributed by atoms with Crippen LogP contribution in [0.1, 0.15) is 23.7 Å². The van der Waals surface area contributed by atoms with Crippen LogP contribution in [0.15, 0.2) is 36.5 Å². The number of carbonyl (C=O) groups is 2. The molecule has 0 saturated carbocycles. The molecule has 2 atom stereocenters. The lowest BCUT2D eigenvalue weighted by Crippen LogP contribution is -2.47. The summed E-state index contributed by atoms with van der Waals surface area (Å²) in [6, 6.07) is 9.47. The first-order chi connectivity index (χ1) is 12.2. The molecular weight excluding hydrogens is 320 g/mol. The second kappa shape index (κ2) is 6.23. The third-order valence-electron chi connectivity index (χ3n) is 4.82. The molecule has 2 aromatic rings. The monoisotopic (exact) mass is 340 g/mol. The molecule has 2 aliphatic rings. The Kier molecular flexibility index (Phi) is 3.91. The van der Waals surface area contributed by atoms with E-state index in [1.54, 1.807) is 18.1 Å². The first kappa shape index (κ1) is 15.7. The molecule has 25 heavy (non-hydrogen) atoms. The van der Waals surface area contributed by atoms with Crippen molar-refractivity contribution in [2.45, 2.75) is 31.5 Å². The number of nitrogens with zero attached hydrogens (tertiary/aromatic N) is 3. The summed E-state index contributed by atoms with van der Waals surface area (Å²) in [5, 5.41) is 6.95. The number of fused-ring (bicyclic) bond motifs is 2. The third-order valence-corrected chi connectivity index (χ3v) is 4.82. The molecular formula is C18H20N4O3. The van der Waals surface area contributed by atoms with Gasteiger partial charge in [-0.3, -0.25) is 14.3 Å². The van der Waals surface area contributed by atoms with Crippen LogP contribution in [0.25, 0.3) is 0 Å². The van der Waals surface area contributed by atoms with Gasteiger partial charge in [0.2, 0.25) is 5.91 Å². The highest BCUT2D eigenvalue weighted by atomic mass is 16.5. The molecule has 0 fully saturated rings. The molecule has 3 heterocycles. The largest absolute Gasteiger partial charge is 0.480 e. The zero-order valence-electron chi connectivity index (χ0n) is 14.0. The quantitative estimate of drug-likeness (QED) is 0.901. The van der Waals surface area contributed by atoms with Gasteiger partial charge in [-0.1, -0.05) is 18.2 Å². The average Bonchev–Trinajstić information content (AvgIpc) is 3.27. The highest BCUT2D eigenvalue weighted by Crippen LogP contribution is 2.30. The smallest absolute Gasteiger partial charge is 0.264 e. The Morgan fingerprint density at radius 1 is 1.32 bits per heavy atom. The zero-order valence-corrected chi connectivity index (χ0v) is 14.0. The minimum absolute atomic E-state index is 0.0365. The lowest BCUT2D eigenvalue weighted by molar-refractivity contribution is -0.140. The van der Waals surface area contributed by atoms with Crippen LogP contribution in [-0.2, 0) is 22.6 Å². The molecule has 0 spiro atoms. The molecule has 0 saturated heterocycles. The van der Waals surface area contributed by atoms with Crippen molar-refractivity contribution in [3.63, 3.8) is 0 Å². The Balaban J connectivity index is 1.51. The molecule has 1 N–H and O–H groups in total. The summed E-state index contributed by atoms with van der Waals surface area (Å²) in [7, 11) is 1.61. The summed E-state index contributed by atoms with van der Waals surface area (Å²) in [6.45, 7) is 0.941. The van der Waals surface area contributed by atoms with E-state index in [1.165, 1.54) is 0 Å². The maximum absolute atomic E-state index is 13.0. The van der Waals surface area contributed by atoms with Crippen molar-refractivity contribution in [2.24, 2.45) is 0 Å². The average molecular weight is 340 g/mol. The van der Waals surface area contributed by atoms with Gasteiger partial charge in [-0.25, -0.2) is 0 Å². The normalized spacial score (nSPS) is 21.2. The molecule has 7 heteroatoms. The molecule has 1 aromatic heterocycles. The summed E-state index contributed by atoms with van der Waals surface area (Å²) in [6.07, 6.45) is 2.10. The second-order valence-corrected chi connectivity index (χ2v) is 6.44. The number of hydrogen-bond donors (Lipinski definition) is 1. The molecule has 2 unspecified atom stereocenters. The van der Waals surface area contributed by atoms with Crippen molar-refractivity contribution in [2.75, 3.05) is 13.6 Å². The standard InChI is InChI=1S/C18H20N4O3/c1-19-17(23)9-14-11-21(10-13-6-7-20-22(13)14)18(24)16-8-12-4-2-3-5-15(12)25-16/h2-7,14,16H,8-11H2,1H3,(H,19,23). The van der Waals surface area contributed by atoms with Gasteiger partial charge < -0.3 is 15.0 Å². The first-order valence-electron chi connectivity index (χ1n) is 8.42. The number of rotatable bonds is 3. The fourth-order valence-corrected chi connectivity index (χ4v) is 3.55. The molecule has 0 bridgehead atoms. The van der Waals surface area contributed by atoms with Crippen LogP contribution in [0.4, 0.5) is 0 Å². The SMILES string of the molecule is CNC(=O)CC1CN(C(=O)C2Cc3ccccc3O2)Cc2ccnn21. The van der Waals surface area contributed by atoms with Gasteiger partial charge in [-0.05, 0) is 17.7 Å². The lowest BCUT2D eigenvalue weighted by Gasteiger charge is -2.34. The fourth-order valence-electron chi connectivity index (χ4n) is 3.55. The number of nitrogens with one attached hydrogen (secondary N) is 1. The Bertz CT molecular complexity index is 791. The number of ether oxygens (including phenoxy) is 1. The van der Waals surface area contributed by atoms with Crippen molar-refractivity contribution in [3.8, 4) is 5.75 Å². The van der Waals surface area contributed by atoms with Crippen molar-refractivity contribution in [1.82, 2.24) is 20.0 Å². The van der Waals surface area contributed by atoms with E-state index in [0.29, 0.717) is 25.9 Å². The van der Waals surface area contributed by atoms with Gasteiger partial charge in [0.15, 0.2) is 6.10 Å². The van der Waals surface area contributed by atoms with Crippen molar-refractivity contribution in [3.05, 3.63) is 47.8 Å². The van der Waals surface area contributed by atoms with Crippen LogP contribution >= 0.6 is 0 Å². The Morgan fingerprint density at radius 2 is 2.16 bits per heavy atom. The number of benzene rings is 1. The van der Waals surface area contributed by atoms with E-state index < -0.39 is 6.10 Å². The topological polar surface area (TPSA) is 76.5 Å². The second-order valence-electron chi connectivity index (χ2n) is 6.44. The van der Waals surface area contributed by atoms with Crippen LogP contribution in [0, 0.1) is 0 Å². The number of para-hydroxylation sites is 1. The van der Waals surface area contributed by atoms with Crippen LogP contribution in [-0.4, -0.2) is 46.2 Å². The molecule has 4 rings (SSSR count). The minimum Gasteiger partial charge on any atom is -0.480 e. The lowest BCUT2D eigenvalue weighted by atomic mass is 10.1. The summed E-state index contributed by atoms with van der Waals surface area (Å²) in [4.78, 5) is 26.6. The molecule has 130 valence electrons. The van der Waals surface area contributed by atoms with Gasteiger partial charge in [0.05, 0.1) is 24.7 Å². The maximum atomic E-state index is 13.0. The van der Waals surface area contributed by atoms with Crippen LogP contribution < -0.4 is 10.1 Å². The van der Waals surface area contributed by atoms with E-state index in [2.05, 4.69) is 10.4 Å². The van der Waals surface area contributed by atoms with Gasteiger partial charge in [-0.2, -0.15) is 5.10 Å². The van der Waals surface area contributed by atoms with E-state index in [9.17, 15) is 9.59 Å². The van der Waals surface area contributed by atoms with Gasteiger partial charge in [0.25, 0.3) is 5.91 Å². The van der Waals surface area contributed by atoms with Crippen LogP contribution in [0.5, 0.6) is 5.75 Å².